The van der Waals surface area contributed by atoms with Crippen LogP contribution in [0.4, 0.5) is 5.69 Å². The van der Waals surface area contributed by atoms with Crippen LogP contribution >= 0.6 is 23.2 Å². The molecular weight excluding hydrogens is 387 g/mol. The van der Waals surface area contributed by atoms with E-state index in [1.165, 1.54) is 0 Å². The Balaban J connectivity index is 1.73. The second-order valence-corrected chi connectivity index (χ2v) is 7.12. The average Bonchev–Trinajstić information content (AvgIpc) is 3.00. The quantitative estimate of drug-likeness (QED) is 0.587. The van der Waals surface area contributed by atoms with Gasteiger partial charge in [-0.25, -0.2) is 4.99 Å². The highest BCUT2D eigenvalue weighted by Crippen LogP contribution is 2.38. The number of hydrogen-bond donors (Lipinski definition) is 4. The lowest BCUT2D eigenvalue weighted by molar-refractivity contribution is 0.261. The molecule has 0 saturated heterocycles. The van der Waals surface area contributed by atoms with Gasteiger partial charge in [0.1, 0.15) is 12.4 Å². The van der Waals surface area contributed by atoms with Crippen LogP contribution in [0.5, 0.6) is 5.75 Å². The minimum Gasteiger partial charge on any atom is -0.492 e. The summed E-state index contributed by atoms with van der Waals surface area (Å²) in [6.45, 7) is 1.49. The number of anilines is 1. The normalized spacial score (nSPS) is 16.2. The standard InChI is InChI=1S/C18H22Cl2N6O/c1-26(2)7-8-27-13-5-3-11(4-6-13)16-14(19)9-12(10-15(16)20)22-18-23-17(21)24-25-18/h3-6,9-10,17,24H,7-8,21H2,1-2H3,(H2,22,23,25). The number of aliphatic imine (C=N–C) groups is 1. The first kappa shape index (κ1) is 19.7. The van der Waals surface area contributed by atoms with Crippen LogP contribution in [-0.2, 0) is 0 Å². The van der Waals surface area contributed by atoms with Gasteiger partial charge in [-0.1, -0.05) is 35.3 Å². The van der Waals surface area contributed by atoms with Gasteiger partial charge >= 0.3 is 0 Å². The van der Waals surface area contributed by atoms with Gasteiger partial charge in [-0.3, -0.25) is 11.2 Å². The lowest BCUT2D eigenvalue weighted by Crippen LogP contribution is -2.41. The van der Waals surface area contributed by atoms with Crippen LogP contribution in [0.3, 0.4) is 0 Å². The first-order chi connectivity index (χ1) is 12.9. The van der Waals surface area contributed by atoms with E-state index in [1.807, 2.05) is 38.4 Å². The molecule has 0 amide bonds. The smallest absolute Gasteiger partial charge is 0.213 e. The molecule has 1 unspecified atom stereocenters. The van der Waals surface area contributed by atoms with Crippen LogP contribution < -0.4 is 26.6 Å². The van der Waals surface area contributed by atoms with Crippen molar-refractivity contribution >= 4 is 34.8 Å². The third-order valence-electron chi connectivity index (χ3n) is 3.86. The van der Waals surface area contributed by atoms with E-state index < -0.39 is 6.29 Å². The maximum absolute atomic E-state index is 6.48. The molecule has 1 aliphatic rings. The van der Waals surface area contributed by atoms with E-state index in [4.69, 9.17) is 33.7 Å². The zero-order valence-corrected chi connectivity index (χ0v) is 16.6. The van der Waals surface area contributed by atoms with E-state index in [-0.39, 0.29) is 0 Å². The Hall–Kier alpha value is -2.03. The molecule has 0 fully saturated rings. The molecule has 0 bridgehead atoms. The molecule has 2 aromatic carbocycles. The molecule has 3 rings (SSSR count). The van der Waals surface area contributed by atoms with Crippen molar-refractivity contribution in [3.8, 4) is 16.9 Å². The highest BCUT2D eigenvalue weighted by Gasteiger charge is 2.15. The molecular formula is C18H22Cl2N6O. The number of likely N-dealkylation sites (N-methyl/N-ethyl adjacent to an activating group) is 1. The second-order valence-electron chi connectivity index (χ2n) is 6.31. The van der Waals surface area contributed by atoms with Crippen LogP contribution in [0, 0.1) is 0 Å². The molecule has 1 aliphatic heterocycles. The Morgan fingerprint density at radius 3 is 2.41 bits per heavy atom. The summed E-state index contributed by atoms with van der Waals surface area (Å²) in [6, 6.07) is 11.3. The van der Waals surface area contributed by atoms with Gasteiger partial charge in [0.2, 0.25) is 5.96 Å². The molecule has 9 heteroatoms. The van der Waals surface area contributed by atoms with Crippen molar-refractivity contribution in [3.63, 3.8) is 0 Å². The summed E-state index contributed by atoms with van der Waals surface area (Å²) in [4.78, 5) is 6.20. The molecule has 0 aliphatic carbocycles. The second kappa shape index (κ2) is 8.77. The number of benzene rings is 2. The maximum Gasteiger partial charge on any atom is 0.213 e. The number of halogens is 2. The summed E-state index contributed by atoms with van der Waals surface area (Å²) in [5.41, 5.74) is 13.6. The minimum absolute atomic E-state index is 0.490. The number of hydrazine groups is 1. The van der Waals surface area contributed by atoms with Crippen molar-refractivity contribution in [2.75, 3.05) is 32.6 Å². The highest BCUT2D eigenvalue weighted by atomic mass is 35.5. The Labute approximate surface area is 168 Å². The fourth-order valence-corrected chi connectivity index (χ4v) is 3.24. The van der Waals surface area contributed by atoms with Crippen LogP contribution in [0.2, 0.25) is 10.0 Å². The van der Waals surface area contributed by atoms with E-state index in [0.717, 1.165) is 23.4 Å². The Bertz CT molecular complexity index is 802. The molecule has 5 N–H and O–H groups in total. The van der Waals surface area contributed by atoms with E-state index in [1.54, 1.807) is 12.1 Å². The molecule has 2 aromatic rings. The van der Waals surface area contributed by atoms with Crippen molar-refractivity contribution in [1.29, 1.82) is 0 Å². The van der Waals surface area contributed by atoms with Crippen LogP contribution in [-0.4, -0.2) is 44.4 Å². The number of rotatable bonds is 6. The third-order valence-corrected chi connectivity index (χ3v) is 4.46. The molecule has 144 valence electrons. The zero-order chi connectivity index (χ0) is 19.4. The fraction of sp³-hybridized carbons (Fsp3) is 0.278. The fourth-order valence-electron chi connectivity index (χ4n) is 2.53. The van der Waals surface area contributed by atoms with Crippen molar-refractivity contribution in [2.24, 2.45) is 10.7 Å². The number of ether oxygens (including phenoxy) is 1. The van der Waals surface area contributed by atoms with Gasteiger partial charge in [-0.2, -0.15) is 5.43 Å². The number of hydrogen-bond acceptors (Lipinski definition) is 7. The van der Waals surface area contributed by atoms with Crippen molar-refractivity contribution in [3.05, 3.63) is 46.4 Å². The van der Waals surface area contributed by atoms with Crippen LogP contribution in [0.25, 0.3) is 11.1 Å². The third kappa shape index (κ3) is 5.24. The highest BCUT2D eigenvalue weighted by molar-refractivity contribution is 6.39. The lowest BCUT2D eigenvalue weighted by atomic mass is 10.0. The van der Waals surface area contributed by atoms with E-state index in [9.17, 15) is 0 Å². The number of nitrogens with one attached hydrogen (secondary N) is 3. The molecule has 0 spiro atoms. The summed E-state index contributed by atoms with van der Waals surface area (Å²) in [5, 5.41) is 4.14. The number of nitrogens with zero attached hydrogens (tertiary/aromatic N) is 2. The van der Waals surface area contributed by atoms with Gasteiger partial charge in [0.25, 0.3) is 0 Å². The Morgan fingerprint density at radius 1 is 1.19 bits per heavy atom. The van der Waals surface area contributed by atoms with Gasteiger partial charge < -0.3 is 15.0 Å². The summed E-state index contributed by atoms with van der Waals surface area (Å²) in [7, 11) is 4.02. The molecule has 0 radical (unpaired) electrons. The summed E-state index contributed by atoms with van der Waals surface area (Å²) in [6.07, 6.45) is -0.490. The number of nitrogens with two attached hydrogens (primary N) is 1. The minimum atomic E-state index is -0.490. The van der Waals surface area contributed by atoms with Crippen LogP contribution in [0.15, 0.2) is 41.4 Å². The van der Waals surface area contributed by atoms with Gasteiger partial charge in [0, 0.05) is 17.8 Å². The lowest BCUT2D eigenvalue weighted by Gasteiger charge is -2.13. The summed E-state index contributed by atoms with van der Waals surface area (Å²) in [5.74, 6) is 1.31. The Morgan fingerprint density at radius 2 is 1.85 bits per heavy atom. The molecule has 7 nitrogen and oxygen atoms in total. The topological polar surface area (TPSA) is 86.9 Å². The predicted molar refractivity (Wildman–Crippen MR) is 111 cm³/mol. The van der Waals surface area contributed by atoms with Crippen molar-refractivity contribution in [2.45, 2.75) is 6.29 Å². The molecule has 0 aromatic heterocycles. The molecule has 0 saturated carbocycles. The predicted octanol–water partition coefficient (Wildman–Crippen LogP) is 2.72. The monoisotopic (exact) mass is 408 g/mol. The Kier molecular flexibility index (Phi) is 6.41. The maximum atomic E-state index is 6.48. The average molecular weight is 409 g/mol. The first-order valence-electron chi connectivity index (χ1n) is 8.41. The molecule has 1 heterocycles. The first-order valence-corrected chi connectivity index (χ1v) is 9.17. The van der Waals surface area contributed by atoms with E-state index in [2.05, 4.69) is 26.1 Å². The SMILES string of the molecule is CN(C)CCOc1ccc(-c2c(Cl)cc(NC3=NC(N)NN3)cc2Cl)cc1. The van der Waals surface area contributed by atoms with Gasteiger partial charge in [-0.15, -0.1) is 0 Å². The van der Waals surface area contributed by atoms with Gasteiger partial charge in [0.15, 0.2) is 6.29 Å². The van der Waals surface area contributed by atoms with Crippen molar-refractivity contribution < 1.29 is 4.74 Å². The zero-order valence-electron chi connectivity index (χ0n) is 15.1. The van der Waals surface area contributed by atoms with Gasteiger partial charge in [-0.05, 0) is 43.9 Å². The van der Waals surface area contributed by atoms with Crippen LogP contribution in [0.1, 0.15) is 0 Å². The van der Waals surface area contributed by atoms with Gasteiger partial charge in [0.05, 0.1) is 10.0 Å². The van der Waals surface area contributed by atoms with E-state index in [0.29, 0.717) is 28.3 Å². The molecule has 27 heavy (non-hydrogen) atoms. The molecule has 1 atom stereocenters. The number of guanidine groups is 1. The summed E-state index contributed by atoms with van der Waals surface area (Å²) >= 11 is 13.0. The van der Waals surface area contributed by atoms with E-state index >= 15 is 0 Å². The summed E-state index contributed by atoms with van der Waals surface area (Å²) < 4.78 is 5.72. The largest absolute Gasteiger partial charge is 0.492 e. The van der Waals surface area contributed by atoms with Crippen molar-refractivity contribution in [1.82, 2.24) is 15.8 Å².